The van der Waals surface area contributed by atoms with Crippen LogP contribution < -0.4 is 14.8 Å². The van der Waals surface area contributed by atoms with Crippen LogP contribution >= 0.6 is 15.9 Å². The minimum absolute atomic E-state index is 0.0267. The number of nitrogens with one attached hydrogen (secondary N) is 1. The molecule has 1 aromatic heterocycles. The van der Waals surface area contributed by atoms with Crippen LogP contribution in [0.15, 0.2) is 53.1 Å². The van der Waals surface area contributed by atoms with E-state index in [1.54, 1.807) is 6.20 Å². The Morgan fingerprint density at radius 3 is 2.80 bits per heavy atom. The van der Waals surface area contributed by atoms with Gasteiger partial charge in [-0.25, -0.2) is 4.98 Å². The van der Waals surface area contributed by atoms with Crippen LogP contribution in [-0.2, 0) is 17.8 Å². The van der Waals surface area contributed by atoms with Gasteiger partial charge in [0.2, 0.25) is 5.91 Å². The number of pyridine rings is 1. The van der Waals surface area contributed by atoms with Crippen LogP contribution in [0.4, 0.5) is 5.82 Å². The minimum Gasteiger partial charge on any atom is -0.489 e. The molecule has 9 heteroatoms. The summed E-state index contributed by atoms with van der Waals surface area (Å²) >= 11 is 3.71. The molecule has 3 atom stereocenters. The summed E-state index contributed by atoms with van der Waals surface area (Å²) in [5, 5.41) is 2.82. The number of anilines is 1. The van der Waals surface area contributed by atoms with Gasteiger partial charge in [0.25, 0.3) is 0 Å². The van der Waals surface area contributed by atoms with Gasteiger partial charge in [-0.15, -0.1) is 0 Å². The highest BCUT2D eigenvalue weighted by molar-refractivity contribution is 9.10. The molecule has 206 valence electrons. The van der Waals surface area contributed by atoms with Gasteiger partial charge in [0.1, 0.15) is 29.2 Å². The van der Waals surface area contributed by atoms with Gasteiger partial charge in [0.05, 0.1) is 0 Å². The van der Waals surface area contributed by atoms with E-state index in [2.05, 4.69) is 49.1 Å². The number of aromatic nitrogens is 1. The molecule has 1 amide bonds. The molecule has 3 aromatic rings. The molecule has 1 aliphatic carbocycles. The van der Waals surface area contributed by atoms with E-state index in [4.69, 9.17) is 9.47 Å². The van der Waals surface area contributed by atoms with Gasteiger partial charge in [-0.2, -0.15) is 0 Å². The van der Waals surface area contributed by atoms with E-state index in [1.165, 1.54) is 5.56 Å². The van der Waals surface area contributed by atoms with Crippen molar-refractivity contribution in [1.29, 1.82) is 0 Å². The number of fused-ring (bicyclic) bond motifs is 4. The number of benzene rings is 2. The van der Waals surface area contributed by atoms with Crippen molar-refractivity contribution in [3.05, 3.63) is 75.4 Å². The Balaban J connectivity index is 1.00. The zero-order valence-electron chi connectivity index (χ0n) is 22.4. The molecule has 0 unspecified atom stereocenters. The van der Waals surface area contributed by atoms with E-state index in [0.717, 1.165) is 59.6 Å². The second-order valence-corrected chi connectivity index (χ2v) is 12.1. The average molecular weight is 604 g/mol. The molecule has 8 nitrogen and oxygen atoms in total. The van der Waals surface area contributed by atoms with Crippen molar-refractivity contribution in [2.24, 2.45) is 5.92 Å². The number of rotatable bonds is 7. The summed E-state index contributed by atoms with van der Waals surface area (Å²) in [5.74, 6) is 3.34. The number of amides is 1. The maximum atomic E-state index is 13.2. The molecule has 0 bridgehead atoms. The normalized spacial score (nSPS) is 23.4. The minimum atomic E-state index is -0.0267. The molecule has 1 saturated carbocycles. The lowest BCUT2D eigenvalue weighted by atomic mass is 10.0. The lowest BCUT2D eigenvalue weighted by Gasteiger charge is -2.32. The Morgan fingerprint density at radius 1 is 1.12 bits per heavy atom. The summed E-state index contributed by atoms with van der Waals surface area (Å²) in [7, 11) is 2.16. The highest BCUT2D eigenvalue weighted by atomic mass is 79.9. The maximum absolute atomic E-state index is 13.2. The first kappa shape index (κ1) is 25.7. The van der Waals surface area contributed by atoms with Gasteiger partial charge < -0.3 is 19.7 Å². The van der Waals surface area contributed by atoms with Crippen molar-refractivity contribution in [3.63, 3.8) is 0 Å². The summed E-state index contributed by atoms with van der Waals surface area (Å²) in [6.07, 6.45) is 3.16. The fraction of sp³-hybridized carbons (Fsp3) is 0.387. The first-order valence-corrected chi connectivity index (χ1v) is 14.7. The maximum Gasteiger partial charge on any atom is 0.225 e. The van der Waals surface area contributed by atoms with Gasteiger partial charge in [0.15, 0.2) is 5.78 Å². The molecule has 4 heterocycles. The lowest BCUT2D eigenvalue weighted by Crippen LogP contribution is -2.43. The molecule has 2 fully saturated rings. The molecule has 4 aliphatic rings. The monoisotopic (exact) mass is 602 g/mol. The van der Waals surface area contributed by atoms with Gasteiger partial charge >= 0.3 is 0 Å². The Hall–Kier alpha value is -3.27. The summed E-state index contributed by atoms with van der Waals surface area (Å²) < 4.78 is 13.4. The third kappa shape index (κ3) is 4.91. The van der Waals surface area contributed by atoms with E-state index >= 15 is 0 Å². The van der Waals surface area contributed by atoms with Crippen LogP contribution in [0.3, 0.4) is 0 Å². The number of ketones is 1. The zero-order valence-corrected chi connectivity index (χ0v) is 23.9. The van der Waals surface area contributed by atoms with Crippen molar-refractivity contribution in [2.45, 2.75) is 37.8 Å². The summed E-state index contributed by atoms with van der Waals surface area (Å²) in [5.41, 5.74) is 3.96. The Morgan fingerprint density at radius 2 is 1.98 bits per heavy atom. The molecule has 0 spiro atoms. The topological polar surface area (TPSA) is 84.0 Å². The van der Waals surface area contributed by atoms with Gasteiger partial charge in [0, 0.05) is 84.8 Å². The summed E-state index contributed by atoms with van der Waals surface area (Å²) in [4.78, 5) is 34.1. The number of hydrogen-bond donors (Lipinski definition) is 1. The molecular weight excluding hydrogens is 572 g/mol. The van der Waals surface area contributed by atoms with E-state index in [1.807, 2.05) is 36.4 Å². The highest BCUT2D eigenvalue weighted by Gasteiger charge is 2.59. The Labute approximate surface area is 241 Å². The first-order chi connectivity index (χ1) is 19.4. The van der Waals surface area contributed by atoms with E-state index in [0.29, 0.717) is 36.6 Å². The number of carbonyl (C=O) groups is 2. The number of ether oxygens (including phenoxy) is 2. The number of likely N-dealkylation sites (N-methyl/N-ethyl adjacent to an activating group) is 1. The second kappa shape index (κ2) is 10.3. The average Bonchev–Trinajstić information content (AvgIpc) is 3.47. The van der Waals surface area contributed by atoms with Crippen molar-refractivity contribution in [2.75, 3.05) is 38.5 Å². The quantitative estimate of drug-likeness (QED) is 0.380. The van der Waals surface area contributed by atoms with Crippen molar-refractivity contribution >= 4 is 33.4 Å². The SMILES string of the molecule is CN1CCN(Cc2ccc(C(=O)C[C@@H]3[C@H]4Oc5ccc(Oc6ccnc7c6CCC(=O)N7)cc5[C@@H]34)cc2Br)CC1. The Bertz CT molecular complexity index is 1500. The number of carbonyl (C=O) groups excluding carboxylic acids is 2. The predicted octanol–water partition coefficient (Wildman–Crippen LogP) is 5.02. The highest BCUT2D eigenvalue weighted by Crippen LogP contribution is 2.60. The molecular formula is C31H31BrN4O4. The zero-order chi connectivity index (χ0) is 27.4. The van der Waals surface area contributed by atoms with Gasteiger partial charge in [-0.1, -0.05) is 28.1 Å². The summed E-state index contributed by atoms with van der Waals surface area (Å²) in [6, 6.07) is 13.7. The van der Waals surface area contributed by atoms with Crippen molar-refractivity contribution in [3.8, 4) is 17.2 Å². The van der Waals surface area contributed by atoms with Crippen LogP contribution in [0.2, 0.25) is 0 Å². The van der Waals surface area contributed by atoms with Crippen LogP contribution in [0.5, 0.6) is 17.2 Å². The third-order valence-electron chi connectivity index (χ3n) is 8.59. The summed E-state index contributed by atoms with van der Waals surface area (Å²) in [6.45, 7) is 5.18. The van der Waals surface area contributed by atoms with Crippen LogP contribution in [0.1, 0.15) is 45.8 Å². The van der Waals surface area contributed by atoms with Crippen LogP contribution in [0, 0.1) is 5.92 Å². The van der Waals surface area contributed by atoms with Crippen molar-refractivity contribution in [1.82, 2.24) is 14.8 Å². The van der Waals surface area contributed by atoms with Crippen LogP contribution in [-0.4, -0.2) is 65.8 Å². The number of piperazine rings is 1. The van der Waals surface area contributed by atoms with Gasteiger partial charge in [-0.3, -0.25) is 14.5 Å². The molecule has 0 radical (unpaired) electrons. The smallest absolute Gasteiger partial charge is 0.225 e. The molecule has 1 N–H and O–H groups in total. The van der Waals surface area contributed by atoms with E-state index < -0.39 is 0 Å². The van der Waals surface area contributed by atoms with E-state index in [9.17, 15) is 9.59 Å². The second-order valence-electron chi connectivity index (χ2n) is 11.3. The third-order valence-corrected chi connectivity index (χ3v) is 9.32. The number of Topliss-reactive ketones (excluding diaryl/α,β-unsaturated/α-hetero) is 1. The van der Waals surface area contributed by atoms with E-state index in [-0.39, 0.29) is 29.6 Å². The molecule has 2 aromatic carbocycles. The molecule has 3 aliphatic heterocycles. The Kier molecular flexibility index (Phi) is 6.60. The molecule has 7 rings (SSSR count). The number of hydrogen-bond acceptors (Lipinski definition) is 7. The molecule has 40 heavy (non-hydrogen) atoms. The number of nitrogens with zero attached hydrogens (tertiary/aromatic N) is 3. The largest absolute Gasteiger partial charge is 0.489 e. The fourth-order valence-corrected chi connectivity index (χ4v) is 6.67. The van der Waals surface area contributed by atoms with Crippen LogP contribution in [0.25, 0.3) is 0 Å². The number of halogens is 1. The lowest BCUT2D eigenvalue weighted by molar-refractivity contribution is -0.116. The van der Waals surface area contributed by atoms with Crippen molar-refractivity contribution < 1.29 is 19.1 Å². The fourth-order valence-electron chi connectivity index (χ4n) is 6.17. The predicted molar refractivity (Wildman–Crippen MR) is 154 cm³/mol. The molecule has 1 saturated heterocycles. The van der Waals surface area contributed by atoms with Gasteiger partial charge in [-0.05, 0) is 49.4 Å². The first-order valence-electron chi connectivity index (χ1n) is 13.9. The standard InChI is InChI=1S/C31H31BrN4O4/c1-35-10-12-36(13-11-35)17-19-3-2-18(14-24(19)32)25(37)16-23-29-22-15-20(4-6-26(22)40-30(23)29)39-27-8-9-33-31-21(27)5-7-28(38)34-31/h2-4,6,8-9,14-15,23,29-30H,5,7,10-13,16-17H2,1H3,(H,33,34,38)/t23-,29-,30+/m0/s1.